The fraction of sp³-hybridized carbons (Fsp3) is 0.316. The van der Waals surface area contributed by atoms with Crippen LogP contribution in [0.2, 0.25) is 10.0 Å². The van der Waals surface area contributed by atoms with E-state index in [-0.39, 0.29) is 33.6 Å². The summed E-state index contributed by atoms with van der Waals surface area (Å²) >= 11 is 12.3. The molecule has 6 nitrogen and oxygen atoms in total. The Hall–Kier alpha value is -1.64. The van der Waals surface area contributed by atoms with Gasteiger partial charge in [0.05, 0.1) is 28.8 Å². The molecule has 9 heteroatoms. The fourth-order valence-electron chi connectivity index (χ4n) is 2.93. The minimum atomic E-state index is -3.86. The number of sulfonamides is 1. The highest BCUT2D eigenvalue weighted by atomic mass is 35.5. The van der Waals surface area contributed by atoms with Crippen molar-refractivity contribution in [2.75, 3.05) is 26.3 Å². The van der Waals surface area contributed by atoms with Gasteiger partial charge in [0.1, 0.15) is 4.90 Å². The lowest BCUT2D eigenvalue weighted by Crippen LogP contribution is -2.40. The summed E-state index contributed by atoms with van der Waals surface area (Å²) in [5.41, 5.74) is 2.07. The Morgan fingerprint density at radius 3 is 2.54 bits per heavy atom. The maximum Gasteiger partial charge on any atom is 0.253 e. The van der Waals surface area contributed by atoms with Crippen LogP contribution < -0.4 is 5.32 Å². The first-order chi connectivity index (χ1) is 13.3. The van der Waals surface area contributed by atoms with Crippen molar-refractivity contribution in [2.45, 2.75) is 18.4 Å². The third-order valence-electron chi connectivity index (χ3n) is 4.39. The van der Waals surface area contributed by atoms with Gasteiger partial charge in [0.15, 0.2) is 0 Å². The number of morpholine rings is 1. The minimum absolute atomic E-state index is 0.0215. The number of hydrogen-bond donors (Lipinski definition) is 1. The molecule has 0 unspecified atom stereocenters. The molecule has 2 aromatic rings. The number of hydrogen-bond acceptors (Lipinski definition) is 4. The topological polar surface area (TPSA) is 75.7 Å². The molecule has 0 spiro atoms. The summed E-state index contributed by atoms with van der Waals surface area (Å²) in [6, 6.07) is 10.2. The lowest BCUT2D eigenvalue weighted by molar-refractivity contribution is 0.0730. The number of carbonyl (C=O) groups is 1. The third kappa shape index (κ3) is 4.67. The van der Waals surface area contributed by atoms with Crippen LogP contribution >= 0.6 is 23.2 Å². The van der Waals surface area contributed by atoms with Crippen LogP contribution in [0.4, 0.5) is 0 Å². The van der Waals surface area contributed by atoms with Gasteiger partial charge in [0.2, 0.25) is 10.0 Å². The quantitative estimate of drug-likeness (QED) is 0.770. The summed E-state index contributed by atoms with van der Waals surface area (Å²) in [5.74, 6) is -0.471. The number of amides is 1. The van der Waals surface area contributed by atoms with E-state index in [1.807, 2.05) is 31.2 Å². The van der Waals surface area contributed by atoms with Crippen molar-refractivity contribution in [3.8, 4) is 0 Å². The number of halogens is 2. The normalized spacial score (nSPS) is 15.4. The van der Waals surface area contributed by atoms with Crippen molar-refractivity contribution in [3.63, 3.8) is 0 Å². The SMILES string of the molecule is Cc1cccc(CNC(=O)c2cc(S(=O)(=O)N3CCOCC3)c(Cl)cc2Cl)c1. The molecule has 2 aromatic carbocycles. The number of benzene rings is 2. The molecule has 1 aliphatic rings. The van der Waals surface area contributed by atoms with Gasteiger partial charge >= 0.3 is 0 Å². The lowest BCUT2D eigenvalue weighted by atomic mass is 10.1. The average molecular weight is 443 g/mol. The predicted molar refractivity (Wildman–Crippen MR) is 108 cm³/mol. The monoisotopic (exact) mass is 442 g/mol. The van der Waals surface area contributed by atoms with Gasteiger partial charge in [-0.1, -0.05) is 53.0 Å². The van der Waals surface area contributed by atoms with E-state index in [9.17, 15) is 13.2 Å². The van der Waals surface area contributed by atoms with Crippen LogP contribution in [-0.2, 0) is 21.3 Å². The van der Waals surface area contributed by atoms with Gasteiger partial charge < -0.3 is 10.1 Å². The number of carbonyl (C=O) groups excluding carboxylic acids is 1. The van der Waals surface area contributed by atoms with E-state index in [0.717, 1.165) is 11.1 Å². The smallest absolute Gasteiger partial charge is 0.253 e. The second kappa shape index (κ2) is 8.80. The molecule has 1 aliphatic heterocycles. The van der Waals surface area contributed by atoms with Crippen LogP contribution in [0.25, 0.3) is 0 Å². The Morgan fingerprint density at radius 2 is 1.86 bits per heavy atom. The predicted octanol–water partition coefficient (Wildman–Crippen LogP) is 3.25. The van der Waals surface area contributed by atoms with E-state index < -0.39 is 15.9 Å². The molecule has 0 bridgehead atoms. The van der Waals surface area contributed by atoms with Crippen molar-refractivity contribution < 1.29 is 17.9 Å². The fourth-order valence-corrected chi connectivity index (χ4v) is 5.17. The van der Waals surface area contributed by atoms with Gasteiger partial charge in [0.25, 0.3) is 5.91 Å². The summed E-state index contributed by atoms with van der Waals surface area (Å²) in [5, 5.41) is 2.83. The van der Waals surface area contributed by atoms with E-state index >= 15 is 0 Å². The van der Waals surface area contributed by atoms with E-state index in [0.29, 0.717) is 19.8 Å². The Bertz CT molecular complexity index is 989. The molecule has 0 aromatic heterocycles. The lowest BCUT2D eigenvalue weighted by Gasteiger charge is -2.26. The molecule has 28 heavy (non-hydrogen) atoms. The Balaban J connectivity index is 1.85. The van der Waals surface area contributed by atoms with Crippen LogP contribution in [0.1, 0.15) is 21.5 Å². The van der Waals surface area contributed by atoms with Crippen molar-refractivity contribution in [1.82, 2.24) is 9.62 Å². The van der Waals surface area contributed by atoms with E-state index in [2.05, 4.69) is 5.32 Å². The number of aryl methyl sites for hydroxylation is 1. The largest absolute Gasteiger partial charge is 0.379 e. The van der Waals surface area contributed by atoms with Crippen LogP contribution in [0.15, 0.2) is 41.3 Å². The van der Waals surface area contributed by atoms with Crippen LogP contribution in [-0.4, -0.2) is 44.9 Å². The maximum absolute atomic E-state index is 12.9. The molecule has 1 fully saturated rings. The van der Waals surface area contributed by atoms with Gasteiger partial charge in [-0.25, -0.2) is 8.42 Å². The standard InChI is InChI=1S/C19H20Cl2N2O4S/c1-13-3-2-4-14(9-13)12-22-19(24)15-10-18(17(21)11-16(15)20)28(25,26)23-5-7-27-8-6-23/h2-4,9-11H,5-8,12H2,1H3,(H,22,24). The molecule has 1 amide bonds. The van der Waals surface area contributed by atoms with Crippen LogP contribution in [0, 0.1) is 6.92 Å². The zero-order valence-electron chi connectivity index (χ0n) is 15.2. The molecule has 1 heterocycles. The number of nitrogens with one attached hydrogen (secondary N) is 1. The molecule has 1 N–H and O–H groups in total. The summed E-state index contributed by atoms with van der Waals surface area (Å²) in [7, 11) is -3.86. The molecular formula is C19H20Cl2N2O4S. The Kier molecular flexibility index (Phi) is 6.62. The summed E-state index contributed by atoms with van der Waals surface area (Å²) in [6.07, 6.45) is 0. The minimum Gasteiger partial charge on any atom is -0.379 e. The molecule has 0 saturated carbocycles. The molecule has 0 radical (unpaired) electrons. The van der Waals surface area contributed by atoms with E-state index in [1.54, 1.807) is 0 Å². The molecule has 1 saturated heterocycles. The number of rotatable bonds is 5. The zero-order valence-corrected chi connectivity index (χ0v) is 17.6. The van der Waals surface area contributed by atoms with E-state index in [1.165, 1.54) is 16.4 Å². The second-order valence-electron chi connectivity index (χ2n) is 6.45. The summed E-state index contributed by atoms with van der Waals surface area (Å²) in [4.78, 5) is 12.5. The Labute approximate surface area is 174 Å². The molecule has 0 aliphatic carbocycles. The zero-order chi connectivity index (χ0) is 20.3. The van der Waals surface area contributed by atoms with Gasteiger partial charge in [-0.3, -0.25) is 4.79 Å². The van der Waals surface area contributed by atoms with Gasteiger partial charge in [0, 0.05) is 19.6 Å². The van der Waals surface area contributed by atoms with Gasteiger partial charge in [-0.2, -0.15) is 4.31 Å². The van der Waals surface area contributed by atoms with Crippen molar-refractivity contribution >= 4 is 39.1 Å². The van der Waals surface area contributed by atoms with Crippen molar-refractivity contribution in [3.05, 3.63) is 63.1 Å². The van der Waals surface area contributed by atoms with Gasteiger partial charge in [-0.05, 0) is 24.6 Å². The van der Waals surface area contributed by atoms with Crippen molar-refractivity contribution in [1.29, 1.82) is 0 Å². The first kappa shape index (κ1) is 21.1. The molecular weight excluding hydrogens is 423 g/mol. The van der Waals surface area contributed by atoms with Crippen LogP contribution in [0.3, 0.4) is 0 Å². The first-order valence-electron chi connectivity index (χ1n) is 8.70. The molecule has 3 rings (SSSR count). The summed E-state index contributed by atoms with van der Waals surface area (Å²) in [6.45, 7) is 3.35. The highest BCUT2D eigenvalue weighted by molar-refractivity contribution is 7.89. The molecule has 150 valence electrons. The highest BCUT2D eigenvalue weighted by Crippen LogP contribution is 2.31. The number of ether oxygens (including phenoxy) is 1. The second-order valence-corrected chi connectivity index (χ2v) is 9.17. The van der Waals surface area contributed by atoms with Gasteiger partial charge in [-0.15, -0.1) is 0 Å². The third-order valence-corrected chi connectivity index (χ3v) is 7.07. The average Bonchev–Trinajstić information content (AvgIpc) is 2.67. The summed E-state index contributed by atoms with van der Waals surface area (Å²) < 4.78 is 32.3. The van der Waals surface area contributed by atoms with Crippen LogP contribution in [0.5, 0.6) is 0 Å². The molecule has 0 atom stereocenters. The first-order valence-corrected chi connectivity index (χ1v) is 10.9. The highest BCUT2D eigenvalue weighted by Gasteiger charge is 2.30. The number of nitrogens with zero attached hydrogens (tertiary/aromatic N) is 1. The maximum atomic E-state index is 12.9. The Morgan fingerprint density at radius 1 is 1.14 bits per heavy atom. The van der Waals surface area contributed by atoms with Crippen molar-refractivity contribution in [2.24, 2.45) is 0 Å². The van der Waals surface area contributed by atoms with E-state index in [4.69, 9.17) is 27.9 Å².